The molecule has 1 fully saturated rings. The van der Waals surface area contributed by atoms with Gasteiger partial charge < -0.3 is 15.2 Å². The lowest BCUT2D eigenvalue weighted by Crippen LogP contribution is -2.57. The highest BCUT2D eigenvalue weighted by atomic mass is 16.2. The predicted molar refractivity (Wildman–Crippen MR) is 120 cm³/mol. The molecule has 0 spiro atoms. The molecule has 2 aliphatic rings. The summed E-state index contributed by atoms with van der Waals surface area (Å²) in [5, 5.41) is 4.55. The number of hydrogen-bond donors (Lipinski definition) is 2. The first-order valence-electron chi connectivity index (χ1n) is 11.4. The van der Waals surface area contributed by atoms with Crippen molar-refractivity contribution in [1.29, 1.82) is 0 Å². The summed E-state index contributed by atoms with van der Waals surface area (Å²) in [7, 11) is 0. The van der Waals surface area contributed by atoms with Crippen LogP contribution in [0.5, 0.6) is 0 Å². The predicted octanol–water partition coefficient (Wildman–Crippen LogP) is 3.83. The van der Waals surface area contributed by atoms with E-state index in [4.69, 9.17) is 0 Å². The van der Waals surface area contributed by atoms with Gasteiger partial charge in [-0.15, -0.1) is 0 Å². The SMILES string of the molecule is CCCN1C[C@@H](NC(=O)N(CC)CC)C[C@@H]2c3ccc(C=O)c4[nH]c(C)c(c34)C[C@H]21. The number of carbonyl (C=O) groups is 2. The average molecular weight is 411 g/mol. The van der Waals surface area contributed by atoms with Crippen molar-refractivity contribution in [3.8, 4) is 0 Å². The minimum atomic E-state index is 0.0373. The maximum Gasteiger partial charge on any atom is 0.317 e. The molecule has 1 aliphatic carbocycles. The lowest BCUT2D eigenvalue weighted by atomic mass is 9.73. The number of fused-ring (bicyclic) bond motifs is 2. The van der Waals surface area contributed by atoms with Crippen LogP contribution in [0.4, 0.5) is 4.79 Å². The Morgan fingerprint density at radius 1 is 1.30 bits per heavy atom. The summed E-state index contributed by atoms with van der Waals surface area (Å²) in [6.07, 6.45) is 3.99. The molecule has 6 nitrogen and oxygen atoms in total. The molecule has 2 heterocycles. The number of aromatic nitrogens is 1. The second kappa shape index (κ2) is 8.42. The van der Waals surface area contributed by atoms with Gasteiger partial charge in [0.2, 0.25) is 0 Å². The fourth-order valence-corrected chi connectivity index (χ4v) is 5.66. The highest BCUT2D eigenvalue weighted by Crippen LogP contribution is 2.45. The average Bonchev–Trinajstić information content (AvgIpc) is 3.07. The van der Waals surface area contributed by atoms with E-state index in [2.05, 4.69) is 35.1 Å². The first-order chi connectivity index (χ1) is 14.5. The van der Waals surface area contributed by atoms with Gasteiger partial charge >= 0.3 is 6.03 Å². The van der Waals surface area contributed by atoms with Gasteiger partial charge in [0.15, 0.2) is 6.29 Å². The normalized spacial score (nSPS) is 23.3. The summed E-state index contributed by atoms with van der Waals surface area (Å²) in [6, 6.07) is 4.72. The molecule has 0 bridgehead atoms. The van der Waals surface area contributed by atoms with Gasteiger partial charge in [0.25, 0.3) is 0 Å². The number of carbonyl (C=O) groups excluding carboxylic acids is 2. The number of aryl methyl sites for hydroxylation is 1. The lowest BCUT2D eigenvalue weighted by Gasteiger charge is -2.47. The minimum Gasteiger partial charge on any atom is -0.358 e. The maximum atomic E-state index is 12.7. The Bertz CT molecular complexity index is 946. The number of rotatable bonds is 6. The third kappa shape index (κ3) is 3.41. The number of H-pyrrole nitrogens is 1. The van der Waals surface area contributed by atoms with Crippen LogP contribution in [0.3, 0.4) is 0 Å². The largest absolute Gasteiger partial charge is 0.358 e. The molecule has 1 aliphatic heterocycles. The second-order valence-corrected chi connectivity index (χ2v) is 8.77. The van der Waals surface area contributed by atoms with Crippen molar-refractivity contribution in [2.45, 2.75) is 65.0 Å². The summed E-state index contributed by atoms with van der Waals surface area (Å²) in [4.78, 5) is 32.2. The number of benzene rings is 1. The van der Waals surface area contributed by atoms with Crippen molar-refractivity contribution >= 4 is 23.2 Å². The number of likely N-dealkylation sites (tertiary alicyclic amines) is 1. The van der Waals surface area contributed by atoms with E-state index in [-0.39, 0.29) is 12.1 Å². The number of piperidine rings is 1. The van der Waals surface area contributed by atoms with Gasteiger partial charge in [0, 0.05) is 54.3 Å². The molecule has 0 radical (unpaired) electrons. The van der Waals surface area contributed by atoms with Gasteiger partial charge in [-0.2, -0.15) is 0 Å². The molecule has 30 heavy (non-hydrogen) atoms. The fraction of sp³-hybridized carbons (Fsp3) is 0.583. The number of aromatic amines is 1. The molecule has 2 N–H and O–H groups in total. The quantitative estimate of drug-likeness (QED) is 0.711. The standard InChI is InChI=1S/C24H34N4O2/c1-5-10-28-13-17(26-24(30)27(6-2)7-3)11-20-18-9-8-16(14-29)23-22(18)19(12-21(20)28)15(4)25-23/h8-9,14,17,20-21,25H,5-7,10-13H2,1-4H3,(H,26,30)/t17-,20+,21+/m0/s1. The van der Waals surface area contributed by atoms with Gasteiger partial charge in [-0.05, 0) is 63.8 Å². The summed E-state index contributed by atoms with van der Waals surface area (Å²) >= 11 is 0. The number of nitrogens with zero attached hydrogens (tertiary/aromatic N) is 2. The molecule has 1 saturated heterocycles. The third-order valence-corrected chi connectivity index (χ3v) is 7.09. The van der Waals surface area contributed by atoms with E-state index in [0.717, 1.165) is 62.8 Å². The summed E-state index contributed by atoms with van der Waals surface area (Å²) in [5.41, 5.74) is 5.57. The van der Waals surface area contributed by atoms with Crippen LogP contribution in [-0.2, 0) is 6.42 Å². The number of urea groups is 1. The van der Waals surface area contributed by atoms with Crippen LogP contribution in [0.25, 0.3) is 10.9 Å². The molecule has 0 saturated carbocycles. The third-order valence-electron chi connectivity index (χ3n) is 7.09. The van der Waals surface area contributed by atoms with Crippen molar-refractivity contribution in [1.82, 2.24) is 20.1 Å². The molecular formula is C24H34N4O2. The van der Waals surface area contributed by atoms with E-state index in [1.807, 2.05) is 24.8 Å². The fourth-order valence-electron chi connectivity index (χ4n) is 5.66. The Morgan fingerprint density at radius 3 is 2.73 bits per heavy atom. The molecule has 0 unspecified atom stereocenters. The first-order valence-corrected chi connectivity index (χ1v) is 11.4. The Balaban J connectivity index is 1.70. The van der Waals surface area contributed by atoms with E-state index >= 15 is 0 Å². The van der Waals surface area contributed by atoms with Gasteiger partial charge in [0.1, 0.15) is 0 Å². The van der Waals surface area contributed by atoms with Gasteiger partial charge in [-0.1, -0.05) is 13.0 Å². The zero-order valence-corrected chi connectivity index (χ0v) is 18.6. The first kappa shape index (κ1) is 20.9. The Hall–Kier alpha value is -2.34. The van der Waals surface area contributed by atoms with E-state index in [1.165, 1.54) is 22.2 Å². The smallest absolute Gasteiger partial charge is 0.317 e. The van der Waals surface area contributed by atoms with Crippen LogP contribution in [0.15, 0.2) is 12.1 Å². The van der Waals surface area contributed by atoms with Crippen molar-refractivity contribution in [2.24, 2.45) is 0 Å². The van der Waals surface area contributed by atoms with E-state index < -0.39 is 0 Å². The molecule has 1 aromatic heterocycles. The lowest BCUT2D eigenvalue weighted by molar-refractivity contribution is 0.0978. The van der Waals surface area contributed by atoms with Crippen LogP contribution in [0, 0.1) is 6.92 Å². The van der Waals surface area contributed by atoms with Crippen LogP contribution >= 0.6 is 0 Å². The highest BCUT2D eigenvalue weighted by molar-refractivity contribution is 6.00. The minimum absolute atomic E-state index is 0.0373. The summed E-state index contributed by atoms with van der Waals surface area (Å²) < 4.78 is 0. The van der Waals surface area contributed by atoms with E-state index in [9.17, 15) is 9.59 Å². The van der Waals surface area contributed by atoms with Crippen molar-refractivity contribution in [2.75, 3.05) is 26.2 Å². The van der Waals surface area contributed by atoms with Crippen LogP contribution in [0.2, 0.25) is 0 Å². The number of amides is 2. The maximum absolute atomic E-state index is 12.7. The Morgan fingerprint density at radius 2 is 2.07 bits per heavy atom. The van der Waals surface area contributed by atoms with Crippen molar-refractivity contribution < 1.29 is 9.59 Å². The summed E-state index contributed by atoms with van der Waals surface area (Å²) in [6.45, 7) is 11.8. The van der Waals surface area contributed by atoms with Gasteiger partial charge in [-0.25, -0.2) is 4.79 Å². The van der Waals surface area contributed by atoms with Crippen molar-refractivity contribution in [3.05, 3.63) is 34.5 Å². The highest BCUT2D eigenvalue weighted by Gasteiger charge is 2.41. The molecule has 2 aromatic rings. The number of hydrogen-bond acceptors (Lipinski definition) is 3. The topological polar surface area (TPSA) is 68.4 Å². The molecule has 3 atom stereocenters. The zero-order valence-electron chi connectivity index (χ0n) is 18.6. The number of aldehydes is 1. The van der Waals surface area contributed by atoms with Gasteiger partial charge in [0.05, 0.1) is 5.52 Å². The molecule has 2 amide bonds. The van der Waals surface area contributed by atoms with Crippen molar-refractivity contribution in [3.63, 3.8) is 0 Å². The number of nitrogens with one attached hydrogen (secondary N) is 2. The van der Waals surface area contributed by atoms with E-state index in [0.29, 0.717) is 12.0 Å². The van der Waals surface area contributed by atoms with Crippen LogP contribution < -0.4 is 5.32 Å². The molecule has 6 heteroatoms. The Kier molecular flexibility index (Phi) is 5.87. The Labute approximate surface area is 179 Å². The summed E-state index contributed by atoms with van der Waals surface area (Å²) in [5.74, 6) is 0.359. The monoisotopic (exact) mass is 410 g/mol. The van der Waals surface area contributed by atoms with Crippen LogP contribution in [-0.4, -0.2) is 65.4 Å². The molecular weight excluding hydrogens is 376 g/mol. The molecule has 162 valence electrons. The van der Waals surface area contributed by atoms with Crippen LogP contribution in [0.1, 0.15) is 66.7 Å². The second-order valence-electron chi connectivity index (χ2n) is 8.77. The van der Waals surface area contributed by atoms with Gasteiger partial charge in [-0.3, -0.25) is 9.69 Å². The molecule has 1 aromatic carbocycles. The molecule has 4 rings (SSSR count). The zero-order chi connectivity index (χ0) is 21.4. The van der Waals surface area contributed by atoms with E-state index in [1.54, 1.807) is 0 Å².